The number of carbonyl (C=O) groups is 1. The van der Waals surface area contributed by atoms with Crippen LogP contribution < -0.4 is 16.6 Å². The topological polar surface area (TPSA) is 77.1 Å². The Bertz CT molecular complexity index is 692. The van der Waals surface area contributed by atoms with Crippen LogP contribution in [-0.4, -0.2) is 10.5 Å². The molecule has 0 fully saturated rings. The Morgan fingerprint density at radius 1 is 1.29 bits per heavy atom. The van der Waals surface area contributed by atoms with Crippen LogP contribution in [0.25, 0.3) is 0 Å². The standard InChI is InChI=1S/C16H19N3O2/c1-12-7-8-16(21)19(11-12)9-3-6-15(20)18-14-5-2-4-13(17)10-14/h2,4-5,7-8,10-11H,3,6,9,17H2,1H3,(H,18,20). The number of benzene rings is 1. The molecule has 1 amide bonds. The molecule has 2 rings (SSSR count). The van der Waals surface area contributed by atoms with E-state index in [0.29, 0.717) is 30.8 Å². The van der Waals surface area contributed by atoms with Crippen molar-refractivity contribution in [2.75, 3.05) is 11.1 Å². The molecule has 0 radical (unpaired) electrons. The minimum Gasteiger partial charge on any atom is -0.399 e. The first-order chi connectivity index (χ1) is 10.0. The molecule has 1 aromatic heterocycles. The van der Waals surface area contributed by atoms with Crippen molar-refractivity contribution < 1.29 is 4.79 Å². The average molecular weight is 285 g/mol. The summed E-state index contributed by atoms with van der Waals surface area (Å²) in [5.41, 5.74) is 7.93. The number of nitrogens with zero attached hydrogens (tertiary/aromatic N) is 1. The number of anilines is 2. The van der Waals surface area contributed by atoms with E-state index in [4.69, 9.17) is 5.73 Å². The molecule has 0 atom stereocenters. The lowest BCUT2D eigenvalue weighted by Crippen LogP contribution is -2.20. The summed E-state index contributed by atoms with van der Waals surface area (Å²) in [5, 5.41) is 2.79. The van der Waals surface area contributed by atoms with Crippen molar-refractivity contribution in [2.24, 2.45) is 0 Å². The van der Waals surface area contributed by atoms with Crippen LogP contribution in [0.1, 0.15) is 18.4 Å². The molecule has 0 spiro atoms. The van der Waals surface area contributed by atoms with Gasteiger partial charge in [0.05, 0.1) is 0 Å². The maximum atomic E-state index is 11.8. The first kappa shape index (κ1) is 14.8. The average Bonchev–Trinajstić information content (AvgIpc) is 2.42. The van der Waals surface area contributed by atoms with Crippen LogP contribution in [0.15, 0.2) is 47.4 Å². The Morgan fingerprint density at radius 3 is 2.86 bits per heavy atom. The third-order valence-electron chi connectivity index (χ3n) is 3.10. The van der Waals surface area contributed by atoms with E-state index >= 15 is 0 Å². The lowest BCUT2D eigenvalue weighted by Gasteiger charge is -2.08. The van der Waals surface area contributed by atoms with Crippen molar-refractivity contribution in [1.82, 2.24) is 4.57 Å². The van der Waals surface area contributed by atoms with E-state index in [0.717, 1.165) is 5.56 Å². The van der Waals surface area contributed by atoms with Crippen molar-refractivity contribution >= 4 is 17.3 Å². The molecule has 110 valence electrons. The fourth-order valence-electron chi connectivity index (χ4n) is 2.08. The molecule has 2 aromatic rings. The van der Waals surface area contributed by atoms with E-state index in [1.165, 1.54) is 0 Å². The van der Waals surface area contributed by atoms with E-state index in [1.54, 1.807) is 47.2 Å². The molecule has 0 saturated heterocycles. The predicted octanol–water partition coefficient (Wildman–Crippen LogP) is 2.16. The smallest absolute Gasteiger partial charge is 0.250 e. The van der Waals surface area contributed by atoms with E-state index in [9.17, 15) is 9.59 Å². The predicted molar refractivity (Wildman–Crippen MR) is 84.2 cm³/mol. The number of aryl methyl sites for hydroxylation is 2. The van der Waals surface area contributed by atoms with Gasteiger partial charge < -0.3 is 15.6 Å². The van der Waals surface area contributed by atoms with Gasteiger partial charge in [0.1, 0.15) is 0 Å². The summed E-state index contributed by atoms with van der Waals surface area (Å²) in [6, 6.07) is 10.4. The van der Waals surface area contributed by atoms with Crippen molar-refractivity contribution in [1.29, 1.82) is 0 Å². The van der Waals surface area contributed by atoms with Gasteiger partial charge in [0.25, 0.3) is 5.56 Å². The van der Waals surface area contributed by atoms with E-state index in [-0.39, 0.29) is 11.5 Å². The molecule has 1 heterocycles. The number of nitrogens with two attached hydrogens (primary N) is 1. The Kier molecular flexibility index (Phi) is 4.77. The first-order valence-corrected chi connectivity index (χ1v) is 6.87. The number of aromatic nitrogens is 1. The number of hydrogen-bond acceptors (Lipinski definition) is 3. The Balaban J connectivity index is 1.84. The second-order valence-electron chi connectivity index (χ2n) is 5.02. The van der Waals surface area contributed by atoms with Crippen LogP contribution in [0.3, 0.4) is 0 Å². The minimum absolute atomic E-state index is 0.0446. The van der Waals surface area contributed by atoms with Crippen LogP contribution in [-0.2, 0) is 11.3 Å². The highest BCUT2D eigenvalue weighted by atomic mass is 16.1. The minimum atomic E-state index is -0.0821. The molecule has 0 bridgehead atoms. The number of pyridine rings is 1. The number of nitrogen functional groups attached to an aromatic ring is 1. The zero-order valence-electron chi connectivity index (χ0n) is 12.0. The van der Waals surface area contributed by atoms with Crippen LogP contribution in [0.5, 0.6) is 0 Å². The number of amides is 1. The number of hydrogen-bond donors (Lipinski definition) is 2. The second-order valence-corrected chi connectivity index (χ2v) is 5.02. The monoisotopic (exact) mass is 285 g/mol. The van der Waals surface area contributed by atoms with E-state index < -0.39 is 0 Å². The summed E-state index contributed by atoms with van der Waals surface area (Å²) < 4.78 is 1.63. The third-order valence-corrected chi connectivity index (χ3v) is 3.10. The summed E-state index contributed by atoms with van der Waals surface area (Å²) in [7, 11) is 0. The summed E-state index contributed by atoms with van der Waals surface area (Å²) in [6.07, 6.45) is 2.77. The van der Waals surface area contributed by atoms with E-state index in [1.807, 2.05) is 6.92 Å². The molecule has 0 aliphatic rings. The lowest BCUT2D eigenvalue weighted by molar-refractivity contribution is -0.116. The van der Waals surface area contributed by atoms with Crippen molar-refractivity contribution in [3.05, 3.63) is 58.5 Å². The molecular formula is C16H19N3O2. The highest BCUT2D eigenvalue weighted by Crippen LogP contribution is 2.12. The molecule has 0 aliphatic heterocycles. The van der Waals surface area contributed by atoms with E-state index in [2.05, 4.69) is 5.32 Å². The number of nitrogens with one attached hydrogen (secondary N) is 1. The van der Waals surface area contributed by atoms with Crippen LogP contribution in [0.4, 0.5) is 11.4 Å². The normalized spacial score (nSPS) is 10.3. The zero-order valence-corrected chi connectivity index (χ0v) is 12.0. The number of rotatable bonds is 5. The first-order valence-electron chi connectivity index (χ1n) is 6.87. The van der Waals surface area contributed by atoms with Gasteiger partial charge >= 0.3 is 0 Å². The summed E-state index contributed by atoms with van der Waals surface area (Å²) >= 11 is 0. The van der Waals surface area contributed by atoms with Gasteiger partial charge in [-0.15, -0.1) is 0 Å². The van der Waals surface area contributed by atoms with Crippen molar-refractivity contribution in [3.8, 4) is 0 Å². The summed E-state index contributed by atoms with van der Waals surface area (Å²) in [6.45, 7) is 2.47. The lowest BCUT2D eigenvalue weighted by atomic mass is 10.2. The van der Waals surface area contributed by atoms with Gasteiger partial charge in [0.2, 0.25) is 5.91 Å². The largest absolute Gasteiger partial charge is 0.399 e. The molecule has 21 heavy (non-hydrogen) atoms. The van der Waals surface area contributed by atoms with Gasteiger partial charge in [-0.05, 0) is 37.1 Å². The van der Waals surface area contributed by atoms with Crippen molar-refractivity contribution in [2.45, 2.75) is 26.3 Å². The highest BCUT2D eigenvalue weighted by molar-refractivity contribution is 5.91. The molecule has 5 heteroatoms. The van der Waals surface area contributed by atoms with Crippen LogP contribution in [0.2, 0.25) is 0 Å². The molecule has 3 N–H and O–H groups in total. The van der Waals surface area contributed by atoms with Crippen molar-refractivity contribution in [3.63, 3.8) is 0 Å². The molecule has 1 aromatic carbocycles. The SMILES string of the molecule is Cc1ccc(=O)n(CCCC(=O)Nc2cccc(N)c2)c1. The number of carbonyl (C=O) groups excluding carboxylic acids is 1. The maximum Gasteiger partial charge on any atom is 0.250 e. The van der Waals surface area contributed by atoms with Gasteiger partial charge in [0.15, 0.2) is 0 Å². The molecule has 0 unspecified atom stereocenters. The van der Waals surface area contributed by atoms with Gasteiger partial charge in [-0.3, -0.25) is 9.59 Å². The fraction of sp³-hybridized carbons (Fsp3) is 0.250. The summed E-state index contributed by atoms with van der Waals surface area (Å²) in [5.74, 6) is -0.0821. The Labute approximate surface area is 123 Å². The molecule has 0 aliphatic carbocycles. The second kappa shape index (κ2) is 6.74. The zero-order chi connectivity index (χ0) is 15.2. The van der Waals surface area contributed by atoms with Crippen LogP contribution in [0, 0.1) is 6.92 Å². The van der Waals surface area contributed by atoms with Gasteiger partial charge in [-0.2, -0.15) is 0 Å². The van der Waals surface area contributed by atoms with Crippen LogP contribution >= 0.6 is 0 Å². The summed E-state index contributed by atoms with van der Waals surface area (Å²) in [4.78, 5) is 23.5. The Hall–Kier alpha value is -2.56. The fourth-order valence-corrected chi connectivity index (χ4v) is 2.08. The quantitative estimate of drug-likeness (QED) is 0.826. The molecule has 0 saturated carbocycles. The van der Waals surface area contributed by atoms with Gasteiger partial charge in [-0.25, -0.2) is 0 Å². The molecular weight excluding hydrogens is 266 g/mol. The highest BCUT2D eigenvalue weighted by Gasteiger charge is 2.03. The van der Waals surface area contributed by atoms with Gasteiger partial charge in [0, 0.05) is 36.6 Å². The third kappa shape index (κ3) is 4.49. The Morgan fingerprint density at radius 2 is 2.10 bits per heavy atom. The molecule has 5 nitrogen and oxygen atoms in total. The van der Waals surface area contributed by atoms with Gasteiger partial charge in [-0.1, -0.05) is 12.1 Å². The maximum absolute atomic E-state index is 11.8.